The maximum atomic E-state index is 14.1. The average molecular weight is 468 g/mol. The van der Waals surface area contributed by atoms with E-state index in [4.69, 9.17) is 11.6 Å². The lowest BCUT2D eigenvalue weighted by atomic mass is 10.2. The Hall–Kier alpha value is -3.14. The number of carbonyl (C=O) groups is 1. The number of halogens is 5. The molecule has 1 amide bonds. The van der Waals surface area contributed by atoms with Crippen molar-refractivity contribution in [3.63, 3.8) is 0 Å². The zero-order chi connectivity index (χ0) is 23.0. The molecule has 0 atom stereocenters. The molecule has 0 unspecified atom stereocenters. The van der Waals surface area contributed by atoms with Gasteiger partial charge in [-0.3, -0.25) is 4.79 Å². The second-order valence-electron chi connectivity index (χ2n) is 7.31. The molecule has 1 fully saturated rings. The van der Waals surface area contributed by atoms with Crippen LogP contribution in [-0.2, 0) is 6.18 Å². The highest BCUT2D eigenvalue weighted by Crippen LogP contribution is 2.33. The molecule has 0 spiro atoms. The van der Waals surface area contributed by atoms with Crippen LogP contribution in [0, 0.1) is 12.7 Å². The third-order valence-corrected chi connectivity index (χ3v) is 5.61. The van der Waals surface area contributed by atoms with Crippen molar-refractivity contribution in [2.24, 2.45) is 0 Å². The van der Waals surface area contributed by atoms with E-state index >= 15 is 0 Å². The molecule has 1 aliphatic rings. The number of rotatable bonds is 3. The fourth-order valence-electron chi connectivity index (χ4n) is 3.60. The normalized spacial score (nSPS) is 14.7. The first-order valence-electron chi connectivity index (χ1n) is 9.73. The van der Waals surface area contributed by atoms with Crippen LogP contribution >= 0.6 is 11.6 Å². The van der Waals surface area contributed by atoms with Gasteiger partial charge >= 0.3 is 6.18 Å². The SMILES string of the molecule is Cc1c(C(=O)N2CCN(c3ncc(C(F)(F)F)cc3Cl)CC2)cnn1-c1ccccc1F. The Morgan fingerprint density at radius 2 is 1.78 bits per heavy atom. The predicted octanol–water partition coefficient (Wildman–Crippen LogP) is 4.35. The Bertz CT molecular complexity index is 1160. The van der Waals surface area contributed by atoms with Gasteiger partial charge in [0.15, 0.2) is 0 Å². The van der Waals surface area contributed by atoms with Gasteiger partial charge in [-0.05, 0) is 25.1 Å². The molecule has 11 heteroatoms. The Morgan fingerprint density at radius 1 is 1.09 bits per heavy atom. The molecule has 1 aliphatic heterocycles. The monoisotopic (exact) mass is 467 g/mol. The number of pyridine rings is 1. The van der Waals surface area contributed by atoms with E-state index in [1.54, 1.807) is 34.9 Å². The van der Waals surface area contributed by atoms with Gasteiger partial charge in [-0.25, -0.2) is 14.1 Å². The van der Waals surface area contributed by atoms with Gasteiger partial charge in [-0.15, -0.1) is 0 Å². The number of nitrogens with zero attached hydrogens (tertiary/aromatic N) is 5. The van der Waals surface area contributed by atoms with Crippen LogP contribution in [0.4, 0.5) is 23.4 Å². The number of benzene rings is 1. The van der Waals surface area contributed by atoms with Crippen LogP contribution in [0.15, 0.2) is 42.7 Å². The van der Waals surface area contributed by atoms with Crippen molar-refractivity contribution in [3.05, 3.63) is 70.4 Å². The second kappa shape index (κ2) is 8.42. The van der Waals surface area contributed by atoms with Crippen LogP contribution in [-0.4, -0.2) is 51.8 Å². The van der Waals surface area contributed by atoms with Gasteiger partial charge in [-0.2, -0.15) is 18.3 Å². The Morgan fingerprint density at radius 3 is 2.41 bits per heavy atom. The number of amides is 1. The van der Waals surface area contributed by atoms with Crippen molar-refractivity contribution < 1.29 is 22.4 Å². The number of alkyl halides is 3. The van der Waals surface area contributed by atoms with Crippen molar-refractivity contribution in [2.75, 3.05) is 31.1 Å². The van der Waals surface area contributed by atoms with Crippen LogP contribution in [0.25, 0.3) is 5.69 Å². The lowest BCUT2D eigenvalue weighted by Gasteiger charge is -2.35. The van der Waals surface area contributed by atoms with E-state index in [0.717, 1.165) is 12.3 Å². The highest BCUT2D eigenvalue weighted by atomic mass is 35.5. The topological polar surface area (TPSA) is 54.3 Å². The fraction of sp³-hybridized carbons (Fsp3) is 0.286. The largest absolute Gasteiger partial charge is 0.417 e. The minimum Gasteiger partial charge on any atom is -0.352 e. The van der Waals surface area contributed by atoms with Crippen LogP contribution in [0.5, 0.6) is 0 Å². The molecule has 3 aromatic rings. The Balaban J connectivity index is 1.46. The lowest BCUT2D eigenvalue weighted by molar-refractivity contribution is -0.137. The van der Waals surface area contributed by atoms with E-state index in [0.29, 0.717) is 37.4 Å². The van der Waals surface area contributed by atoms with Gasteiger partial charge in [-0.1, -0.05) is 23.7 Å². The molecule has 0 saturated carbocycles. The minimum atomic E-state index is -4.52. The molecule has 1 aromatic carbocycles. The molecular formula is C21H18ClF4N5O. The summed E-state index contributed by atoms with van der Waals surface area (Å²) >= 11 is 6.03. The highest BCUT2D eigenvalue weighted by Gasteiger charge is 2.33. The minimum absolute atomic E-state index is 0.0957. The third kappa shape index (κ3) is 4.14. The fourth-order valence-corrected chi connectivity index (χ4v) is 3.88. The summed E-state index contributed by atoms with van der Waals surface area (Å²) in [5.74, 6) is -0.459. The Labute approximate surface area is 186 Å². The molecular weight excluding hydrogens is 450 g/mol. The lowest BCUT2D eigenvalue weighted by Crippen LogP contribution is -2.49. The zero-order valence-electron chi connectivity index (χ0n) is 16.9. The van der Waals surface area contributed by atoms with Gasteiger partial charge in [0, 0.05) is 32.4 Å². The summed E-state index contributed by atoms with van der Waals surface area (Å²) in [4.78, 5) is 20.2. The first-order chi connectivity index (χ1) is 15.2. The van der Waals surface area contributed by atoms with Crippen molar-refractivity contribution >= 4 is 23.3 Å². The number of carbonyl (C=O) groups excluding carboxylic acids is 1. The molecule has 0 N–H and O–H groups in total. The van der Waals surface area contributed by atoms with Crippen molar-refractivity contribution in [2.45, 2.75) is 13.1 Å². The molecule has 2 aromatic heterocycles. The van der Waals surface area contributed by atoms with E-state index in [2.05, 4.69) is 10.1 Å². The number of aromatic nitrogens is 3. The molecule has 6 nitrogen and oxygen atoms in total. The molecule has 0 aliphatic carbocycles. The van der Waals surface area contributed by atoms with Crippen molar-refractivity contribution in [3.8, 4) is 5.69 Å². The summed E-state index contributed by atoms with van der Waals surface area (Å²) < 4.78 is 54.0. The first-order valence-corrected chi connectivity index (χ1v) is 10.1. The maximum absolute atomic E-state index is 14.1. The summed E-state index contributed by atoms with van der Waals surface area (Å²) in [6.07, 6.45) is -2.37. The van der Waals surface area contributed by atoms with Gasteiger partial charge in [0.2, 0.25) is 0 Å². The molecule has 4 rings (SSSR count). The first kappa shape index (κ1) is 22.1. The molecule has 168 valence electrons. The average Bonchev–Trinajstić information content (AvgIpc) is 3.14. The van der Waals surface area contributed by atoms with E-state index in [-0.39, 0.29) is 22.4 Å². The third-order valence-electron chi connectivity index (χ3n) is 5.34. The van der Waals surface area contributed by atoms with Crippen LogP contribution in [0.3, 0.4) is 0 Å². The van der Waals surface area contributed by atoms with Crippen LogP contribution < -0.4 is 4.90 Å². The predicted molar refractivity (Wildman–Crippen MR) is 111 cm³/mol. The van der Waals surface area contributed by atoms with E-state index < -0.39 is 17.6 Å². The molecule has 1 saturated heterocycles. The van der Waals surface area contributed by atoms with Gasteiger partial charge in [0.25, 0.3) is 5.91 Å². The number of hydrogen-bond acceptors (Lipinski definition) is 4. The zero-order valence-corrected chi connectivity index (χ0v) is 17.7. The van der Waals surface area contributed by atoms with Crippen molar-refractivity contribution in [1.82, 2.24) is 19.7 Å². The van der Waals surface area contributed by atoms with Gasteiger partial charge < -0.3 is 9.80 Å². The summed E-state index contributed by atoms with van der Waals surface area (Å²) in [6.45, 7) is 3.04. The number of para-hydroxylation sites is 1. The summed E-state index contributed by atoms with van der Waals surface area (Å²) in [5, 5.41) is 4.07. The quantitative estimate of drug-likeness (QED) is 0.537. The van der Waals surface area contributed by atoms with E-state index in [1.165, 1.54) is 16.9 Å². The van der Waals surface area contributed by atoms with Gasteiger partial charge in [0.05, 0.1) is 28.0 Å². The summed E-state index contributed by atoms with van der Waals surface area (Å²) in [7, 11) is 0. The highest BCUT2D eigenvalue weighted by molar-refractivity contribution is 6.33. The number of anilines is 1. The standard InChI is InChI=1S/C21H18ClF4N5O/c1-13-15(12-28-31(13)18-5-3-2-4-17(18)23)20(32)30-8-6-29(7-9-30)19-16(22)10-14(11-27-19)21(24,25)26/h2-5,10-12H,6-9H2,1H3. The smallest absolute Gasteiger partial charge is 0.352 e. The van der Waals surface area contributed by atoms with Gasteiger partial charge in [0.1, 0.15) is 17.3 Å². The molecule has 0 bridgehead atoms. The summed E-state index contributed by atoms with van der Waals surface area (Å²) in [5.41, 5.74) is 0.196. The second-order valence-corrected chi connectivity index (χ2v) is 7.72. The maximum Gasteiger partial charge on any atom is 0.417 e. The molecule has 3 heterocycles. The van der Waals surface area contributed by atoms with E-state index in [9.17, 15) is 22.4 Å². The molecule has 0 radical (unpaired) electrons. The summed E-state index contributed by atoms with van der Waals surface area (Å²) in [6, 6.07) is 6.99. The number of piperazine rings is 1. The van der Waals surface area contributed by atoms with Crippen LogP contribution in [0.1, 0.15) is 21.6 Å². The number of hydrogen-bond donors (Lipinski definition) is 0. The van der Waals surface area contributed by atoms with E-state index in [1.807, 2.05) is 0 Å². The molecule has 32 heavy (non-hydrogen) atoms. The Kier molecular flexibility index (Phi) is 5.81. The van der Waals surface area contributed by atoms with Crippen LogP contribution in [0.2, 0.25) is 5.02 Å². The van der Waals surface area contributed by atoms with Crippen molar-refractivity contribution in [1.29, 1.82) is 0 Å².